The number of rotatable bonds is 0. The van der Waals surface area contributed by atoms with Crippen LogP contribution in [0.1, 0.15) is 11.5 Å². The number of halogens is 3. The first-order valence-corrected chi connectivity index (χ1v) is 3.88. The van der Waals surface area contributed by atoms with E-state index in [1.165, 1.54) is 19.1 Å². The van der Waals surface area contributed by atoms with Crippen molar-refractivity contribution in [1.82, 2.24) is 14.6 Å². The third-order valence-corrected chi connectivity index (χ3v) is 1.88. The Morgan fingerprint density at radius 1 is 1.21 bits per heavy atom. The van der Waals surface area contributed by atoms with Crippen molar-refractivity contribution < 1.29 is 13.2 Å². The fourth-order valence-electron chi connectivity index (χ4n) is 1.31. The zero-order valence-electron chi connectivity index (χ0n) is 7.21. The Balaban J connectivity index is 2.82. The van der Waals surface area contributed by atoms with E-state index in [4.69, 9.17) is 0 Å². The number of pyridine rings is 1. The fourth-order valence-corrected chi connectivity index (χ4v) is 1.31. The average molecular weight is 201 g/mol. The van der Waals surface area contributed by atoms with E-state index in [1.807, 2.05) is 0 Å². The molecular formula is C8H6F3N3. The topological polar surface area (TPSA) is 30.2 Å². The zero-order valence-corrected chi connectivity index (χ0v) is 7.21. The molecule has 2 aromatic heterocycles. The summed E-state index contributed by atoms with van der Waals surface area (Å²) in [6.45, 7) is 1.48. The number of alkyl halides is 3. The molecule has 0 N–H and O–H groups in total. The van der Waals surface area contributed by atoms with Crippen LogP contribution >= 0.6 is 0 Å². The lowest BCUT2D eigenvalue weighted by atomic mass is 10.3. The van der Waals surface area contributed by atoms with Crippen molar-refractivity contribution in [3.05, 3.63) is 29.7 Å². The van der Waals surface area contributed by atoms with Gasteiger partial charge in [-0.3, -0.25) is 4.40 Å². The van der Waals surface area contributed by atoms with Crippen LogP contribution in [0.25, 0.3) is 5.65 Å². The van der Waals surface area contributed by atoms with Gasteiger partial charge in [0.1, 0.15) is 11.5 Å². The van der Waals surface area contributed by atoms with E-state index in [0.717, 1.165) is 10.5 Å². The van der Waals surface area contributed by atoms with Crippen LogP contribution in [0.4, 0.5) is 13.2 Å². The smallest absolute Gasteiger partial charge is 0.275 e. The van der Waals surface area contributed by atoms with Gasteiger partial charge in [0.05, 0.1) is 0 Å². The van der Waals surface area contributed by atoms with Gasteiger partial charge in [0, 0.05) is 0 Å². The molecule has 3 nitrogen and oxygen atoms in total. The van der Waals surface area contributed by atoms with Crippen LogP contribution in [0, 0.1) is 6.92 Å². The van der Waals surface area contributed by atoms with Crippen LogP contribution in [0.3, 0.4) is 0 Å². The van der Waals surface area contributed by atoms with E-state index in [-0.39, 0.29) is 11.5 Å². The van der Waals surface area contributed by atoms with Crippen LogP contribution in [0.5, 0.6) is 0 Å². The molecule has 0 aliphatic heterocycles. The molecule has 74 valence electrons. The van der Waals surface area contributed by atoms with Gasteiger partial charge >= 0.3 is 6.18 Å². The molecule has 2 heterocycles. The summed E-state index contributed by atoms with van der Waals surface area (Å²) in [5.41, 5.74) is -0.546. The fraction of sp³-hybridized carbons (Fsp3) is 0.250. The zero-order chi connectivity index (χ0) is 10.3. The highest BCUT2D eigenvalue weighted by molar-refractivity contribution is 5.40. The molecule has 0 fully saturated rings. The van der Waals surface area contributed by atoms with Gasteiger partial charge in [-0.2, -0.15) is 13.2 Å². The molecule has 0 bridgehead atoms. The lowest BCUT2D eigenvalue weighted by Crippen LogP contribution is -2.11. The molecule has 0 amide bonds. The van der Waals surface area contributed by atoms with E-state index in [2.05, 4.69) is 10.2 Å². The first-order valence-electron chi connectivity index (χ1n) is 3.88. The van der Waals surface area contributed by atoms with Gasteiger partial charge in [-0.1, -0.05) is 6.07 Å². The maximum Gasteiger partial charge on any atom is 0.431 e. The molecule has 0 aliphatic carbocycles. The maximum atomic E-state index is 12.5. The molecular weight excluding hydrogens is 195 g/mol. The number of nitrogens with zero attached hydrogens (tertiary/aromatic N) is 3. The summed E-state index contributed by atoms with van der Waals surface area (Å²) < 4.78 is 38.5. The Kier molecular flexibility index (Phi) is 1.73. The van der Waals surface area contributed by atoms with Crippen molar-refractivity contribution in [2.24, 2.45) is 0 Å². The molecule has 2 aromatic rings. The summed E-state index contributed by atoms with van der Waals surface area (Å²) in [7, 11) is 0. The van der Waals surface area contributed by atoms with Crippen LogP contribution < -0.4 is 0 Å². The number of hydrogen-bond acceptors (Lipinski definition) is 2. The van der Waals surface area contributed by atoms with Crippen molar-refractivity contribution in [2.45, 2.75) is 13.1 Å². The lowest BCUT2D eigenvalue weighted by molar-refractivity contribution is -0.142. The average Bonchev–Trinajstić information content (AvgIpc) is 2.46. The standard InChI is InChI=1S/C8H6F3N3/c1-5-12-13-7-4-2-3-6(14(5)7)8(9,10)11/h2-4H,1H3. The summed E-state index contributed by atoms with van der Waals surface area (Å²) in [6, 6.07) is 3.80. The van der Waals surface area contributed by atoms with Crippen molar-refractivity contribution in [2.75, 3.05) is 0 Å². The molecule has 0 unspecified atom stereocenters. The van der Waals surface area contributed by atoms with Gasteiger partial charge in [0.15, 0.2) is 5.65 Å². The summed E-state index contributed by atoms with van der Waals surface area (Å²) in [5.74, 6) is 0.230. The van der Waals surface area contributed by atoms with Crippen LogP contribution in [0.2, 0.25) is 0 Å². The predicted molar refractivity (Wildman–Crippen MR) is 42.7 cm³/mol. The minimum Gasteiger partial charge on any atom is -0.275 e. The van der Waals surface area contributed by atoms with Gasteiger partial charge in [-0.15, -0.1) is 10.2 Å². The Hall–Kier alpha value is -1.59. The third kappa shape index (κ3) is 1.23. The van der Waals surface area contributed by atoms with Crippen molar-refractivity contribution >= 4 is 5.65 Å². The minimum absolute atomic E-state index is 0.206. The molecule has 0 aromatic carbocycles. The van der Waals surface area contributed by atoms with Crippen LogP contribution in [-0.4, -0.2) is 14.6 Å². The second-order valence-electron chi connectivity index (χ2n) is 2.85. The van der Waals surface area contributed by atoms with Gasteiger partial charge in [-0.25, -0.2) is 0 Å². The maximum absolute atomic E-state index is 12.5. The molecule has 0 aliphatic rings. The van der Waals surface area contributed by atoms with E-state index in [1.54, 1.807) is 0 Å². The third-order valence-electron chi connectivity index (χ3n) is 1.88. The Labute approximate surface area is 77.2 Å². The molecule has 2 rings (SSSR count). The summed E-state index contributed by atoms with van der Waals surface area (Å²) in [6.07, 6.45) is -4.38. The van der Waals surface area contributed by atoms with Gasteiger partial charge in [0.25, 0.3) is 0 Å². The van der Waals surface area contributed by atoms with Gasteiger partial charge in [0.2, 0.25) is 0 Å². The molecule has 0 saturated heterocycles. The van der Waals surface area contributed by atoms with E-state index >= 15 is 0 Å². The Morgan fingerprint density at radius 2 is 1.93 bits per heavy atom. The molecule has 14 heavy (non-hydrogen) atoms. The van der Waals surface area contributed by atoms with Crippen molar-refractivity contribution in [3.8, 4) is 0 Å². The second kappa shape index (κ2) is 2.70. The van der Waals surface area contributed by atoms with Crippen molar-refractivity contribution in [3.63, 3.8) is 0 Å². The first-order chi connectivity index (χ1) is 6.50. The Morgan fingerprint density at radius 3 is 2.57 bits per heavy atom. The quantitative estimate of drug-likeness (QED) is 0.653. The number of hydrogen-bond donors (Lipinski definition) is 0. The van der Waals surface area contributed by atoms with Gasteiger partial charge < -0.3 is 0 Å². The number of aromatic nitrogens is 3. The molecule has 0 saturated carbocycles. The predicted octanol–water partition coefficient (Wildman–Crippen LogP) is 2.06. The molecule has 0 spiro atoms. The lowest BCUT2D eigenvalue weighted by Gasteiger charge is -2.08. The normalized spacial score (nSPS) is 12.3. The minimum atomic E-state index is -4.38. The second-order valence-corrected chi connectivity index (χ2v) is 2.85. The van der Waals surface area contributed by atoms with E-state index < -0.39 is 11.9 Å². The summed E-state index contributed by atoms with van der Waals surface area (Å²) >= 11 is 0. The van der Waals surface area contributed by atoms with E-state index in [9.17, 15) is 13.2 Å². The highest BCUT2D eigenvalue weighted by Gasteiger charge is 2.33. The molecule has 6 heteroatoms. The SMILES string of the molecule is Cc1nnc2cccc(C(F)(F)F)n12. The highest BCUT2D eigenvalue weighted by atomic mass is 19.4. The van der Waals surface area contributed by atoms with Crippen LogP contribution in [0.15, 0.2) is 18.2 Å². The largest absolute Gasteiger partial charge is 0.431 e. The number of aryl methyl sites for hydroxylation is 1. The summed E-state index contributed by atoms with van der Waals surface area (Å²) in [4.78, 5) is 0. The monoisotopic (exact) mass is 201 g/mol. The molecule has 0 radical (unpaired) electrons. The Bertz CT molecular complexity index is 472. The molecule has 0 atom stereocenters. The summed E-state index contributed by atoms with van der Waals surface area (Å²) in [5, 5.41) is 7.19. The van der Waals surface area contributed by atoms with Crippen molar-refractivity contribution in [1.29, 1.82) is 0 Å². The van der Waals surface area contributed by atoms with E-state index in [0.29, 0.717) is 0 Å². The first kappa shape index (κ1) is 8.98. The van der Waals surface area contributed by atoms with Gasteiger partial charge in [-0.05, 0) is 19.1 Å². The van der Waals surface area contributed by atoms with Crippen LogP contribution in [-0.2, 0) is 6.18 Å². The number of fused-ring (bicyclic) bond motifs is 1. The highest BCUT2D eigenvalue weighted by Crippen LogP contribution is 2.29.